The zero-order valence-electron chi connectivity index (χ0n) is 33.9. The Morgan fingerprint density at radius 3 is 2.25 bits per heavy atom. The van der Waals surface area contributed by atoms with Crippen LogP contribution in [0.15, 0.2) is 176 Å². The van der Waals surface area contributed by atoms with Gasteiger partial charge in [-0.05, 0) is 89.3 Å². The van der Waals surface area contributed by atoms with Crippen molar-refractivity contribution in [3.63, 3.8) is 0 Å². The minimum Gasteiger partial charge on any atom is -0.309 e. The van der Waals surface area contributed by atoms with Gasteiger partial charge in [-0.1, -0.05) is 159 Å². The van der Waals surface area contributed by atoms with Crippen LogP contribution in [-0.2, 0) is 0 Å². The zero-order chi connectivity index (χ0) is 39.9. The zero-order valence-corrected chi connectivity index (χ0v) is 34.7. The van der Waals surface area contributed by atoms with E-state index in [2.05, 4.69) is 188 Å². The predicted octanol–water partition coefficient (Wildman–Crippen LogP) is 14.8. The molecule has 3 nitrogen and oxygen atoms in total. The molecule has 0 saturated heterocycles. The third-order valence-corrected chi connectivity index (χ3v) is 14.8. The second-order valence-electron chi connectivity index (χ2n) is 17.2. The molecule has 8 aromatic rings. The summed E-state index contributed by atoms with van der Waals surface area (Å²) < 4.78 is 5.31. The Hall–Kier alpha value is -6.36. The van der Waals surface area contributed by atoms with E-state index in [4.69, 9.17) is 9.97 Å². The lowest BCUT2D eigenvalue weighted by molar-refractivity contribution is 0.510. The Morgan fingerprint density at radius 1 is 0.667 bits per heavy atom. The fourth-order valence-electron chi connectivity index (χ4n) is 10.7. The summed E-state index contributed by atoms with van der Waals surface area (Å²) in [6, 6.07) is 43.4. The van der Waals surface area contributed by atoms with Gasteiger partial charge in [-0.2, -0.15) is 0 Å². The lowest BCUT2D eigenvalue weighted by atomic mass is 9.67. The van der Waals surface area contributed by atoms with Crippen LogP contribution in [0.4, 0.5) is 0 Å². The summed E-state index contributed by atoms with van der Waals surface area (Å²) in [6.45, 7) is 4.70. The highest BCUT2D eigenvalue weighted by atomic mass is 32.1. The summed E-state index contributed by atoms with van der Waals surface area (Å²) in [5.74, 6) is 1.65. The molecule has 0 saturated carbocycles. The first-order valence-corrected chi connectivity index (χ1v) is 22.5. The highest BCUT2D eigenvalue weighted by Gasteiger charge is 2.41. The Labute approximate surface area is 355 Å². The summed E-state index contributed by atoms with van der Waals surface area (Å²) in [6.07, 6.45) is 24.0. The van der Waals surface area contributed by atoms with Crippen molar-refractivity contribution in [2.75, 3.05) is 0 Å². The summed E-state index contributed by atoms with van der Waals surface area (Å²) in [7, 11) is 0. The van der Waals surface area contributed by atoms with Gasteiger partial charge in [0.1, 0.15) is 5.82 Å². The van der Waals surface area contributed by atoms with E-state index in [0.29, 0.717) is 5.92 Å². The molecule has 1 aliphatic heterocycles. The SMILES string of the molecule is CC1C=CC(c2cc(C3=CCCC=C3)nc(C3C=CC=C(C4c5ccccc5-n5c6ccccc6c6c7sc8ccccc8c7cc(c65)C4c4ccccc4)C3C)n2)=CC1. The van der Waals surface area contributed by atoms with Gasteiger partial charge in [0, 0.05) is 48.7 Å². The average molecular weight is 792 g/mol. The van der Waals surface area contributed by atoms with Gasteiger partial charge >= 0.3 is 0 Å². The Bertz CT molecular complexity index is 3240. The van der Waals surface area contributed by atoms with Gasteiger partial charge < -0.3 is 4.57 Å². The predicted molar refractivity (Wildman–Crippen MR) is 253 cm³/mol. The molecule has 5 atom stereocenters. The Morgan fingerprint density at radius 2 is 1.43 bits per heavy atom. The number of thiophene rings is 1. The van der Waals surface area contributed by atoms with Gasteiger partial charge in [-0.25, -0.2) is 9.97 Å². The molecule has 290 valence electrons. The maximum absolute atomic E-state index is 5.45. The van der Waals surface area contributed by atoms with E-state index in [1.165, 1.54) is 81.1 Å². The lowest BCUT2D eigenvalue weighted by Gasteiger charge is -2.36. The van der Waals surface area contributed by atoms with Crippen LogP contribution in [0.5, 0.6) is 0 Å². The fourth-order valence-corrected chi connectivity index (χ4v) is 11.9. The van der Waals surface area contributed by atoms with E-state index in [0.717, 1.165) is 36.5 Å². The molecule has 0 spiro atoms. The third-order valence-electron chi connectivity index (χ3n) is 13.6. The molecule has 5 aromatic carbocycles. The van der Waals surface area contributed by atoms with Crippen LogP contribution < -0.4 is 0 Å². The van der Waals surface area contributed by atoms with E-state index < -0.39 is 0 Å². The second kappa shape index (κ2) is 14.1. The van der Waals surface area contributed by atoms with Gasteiger partial charge in [0.05, 0.1) is 28.1 Å². The number of fused-ring (bicyclic) bond motifs is 9. The summed E-state index contributed by atoms with van der Waals surface area (Å²) in [5.41, 5.74) is 13.7. The molecule has 5 unspecified atom stereocenters. The highest BCUT2D eigenvalue weighted by Crippen LogP contribution is 2.56. The van der Waals surface area contributed by atoms with Crippen molar-refractivity contribution in [1.82, 2.24) is 14.5 Å². The molecule has 0 radical (unpaired) electrons. The first kappa shape index (κ1) is 35.6. The molecule has 0 fully saturated rings. The molecule has 12 rings (SSSR count). The molecule has 60 heavy (non-hydrogen) atoms. The van der Waals surface area contributed by atoms with Crippen LogP contribution in [0, 0.1) is 11.8 Å². The normalized spacial score (nSPS) is 22.2. The lowest BCUT2D eigenvalue weighted by Crippen LogP contribution is -2.24. The van der Waals surface area contributed by atoms with Crippen LogP contribution in [-0.4, -0.2) is 14.5 Å². The Kier molecular flexibility index (Phi) is 8.38. The van der Waals surface area contributed by atoms with Gasteiger partial charge in [-0.15, -0.1) is 11.3 Å². The van der Waals surface area contributed by atoms with Crippen molar-refractivity contribution in [3.8, 4) is 5.69 Å². The van der Waals surface area contributed by atoms with Crippen molar-refractivity contribution < 1.29 is 0 Å². The van der Waals surface area contributed by atoms with Crippen molar-refractivity contribution in [2.45, 2.75) is 50.9 Å². The van der Waals surface area contributed by atoms with Crippen LogP contribution in [0.1, 0.15) is 84.8 Å². The van der Waals surface area contributed by atoms with Crippen LogP contribution in [0.25, 0.3) is 58.8 Å². The van der Waals surface area contributed by atoms with Crippen molar-refractivity contribution >= 4 is 64.5 Å². The van der Waals surface area contributed by atoms with Gasteiger partial charge in [0.15, 0.2) is 0 Å². The number of rotatable bonds is 5. The summed E-state index contributed by atoms with van der Waals surface area (Å²) in [4.78, 5) is 10.9. The number of benzene rings is 5. The van der Waals surface area contributed by atoms with Crippen LogP contribution in [0.2, 0.25) is 0 Å². The Balaban J connectivity index is 1.10. The largest absolute Gasteiger partial charge is 0.309 e. The van der Waals surface area contributed by atoms with E-state index in [-0.39, 0.29) is 23.7 Å². The van der Waals surface area contributed by atoms with Gasteiger partial charge in [0.25, 0.3) is 0 Å². The molecular formula is C56H45N3S. The van der Waals surface area contributed by atoms with E-state index in [9.17, 15) is 0 Å². The van der Waals surface area contributed by atoms with E-state index in [1.807, 2.05) is 11.3 Å². The van der Waals surface area contributed by atoms with Crippen molar-refractivity contribution in [1.29, 1.82) is 0 Å². The standard InChI is InChI=1S/C56H45N3S/c1-34-28-30-37(31-29-34)47-33-46(36-16-5-3-6-17-36)57-56(58-47)40-24-15-23-39(35(40)2)52-42-21-9-12-25-48(42)59-49-26-13-10-22-43(49)53-54(59)45(51(52)38-18-7-4-8-19-38)32-44-41-20-11-14-27-50(41)60-55(44)53/h4-5,7-28,30-35,40,51-52H,3,6,29H2,1-2H3. The molecule has 4 heterocycles. The summed E-state index contributed by atoms with van der Waals surface area (Å²) in [5, 5.41) is 5.36. The molecule has 4 heteroatoms. The van der Waals surface area contributed by atoms with Gasteiger partial charge in [-0.3, -0.25) is 0 Å². The van der Waals surface area contributed by atoms with Crippen LogP contribution in [0.3, 0.4) is 0 Å². The van der Waals surface area contributed by atoms with Crippen LogP contribution >= 0.6 is 11.3 Å². The highest BCUT2D eigenvalue weighted by molar-refractivity contribution is 7.26. The third kappa shape index (κ3) is 5.54. The van der Waals surface area contributed by atoms with Crippen molar-refractivity contribution in [3.05, 3.63) is 209 Å². The molecule has 0 N–H and O–H groups in total. The molecular weight excluding hydrogens is 747 g/mol. The maximum Gasteiger partial charge on any atom is 0.137 e. The molecule has 0 bridgehead atoms. The quantitative estimate of drug-likeness (QED) is 0.174. The number of nitrogens with zero attached hydrogens (tertiary/aromatic N) is 3. The van der Waals surface area contributed by atoms with E-state index >= 15 is 0 Å². The topological polar surface area (TPSA) is 30.7 Å². The molecule has 3 aliphatic carbocycles. The smallest absolute Gasteiger partial charge is 0.137 e. The summed E-state index contributed by atoms with van der Waals surface area (Å²) >= 11 is 1.93. The van der Waals surface area contributed by atoms with E-state index in [1.54, 1.807) is 0 Å². The maximum atomic E-state index is 5.45. The molecule has 4 aliphatic rings. The van der Waals surface area contributed by atoms with Crippen molar-refractivity contribution in [2.24, 2.45) is 11.8 Å². The minimum absolute atomic E-state index is 0.00105. The fraction of sp³-hybridized carbons (Fsp3) is 0.179. The number of hydrogen-bond donors (Lipinski definition) is 0. The second-order valence-corrected chi connectivity index (χ2v) is 18.2. The number of aromatic nitrogens is 3. The average Bonchev–Trinajstić information content (AvgIpc) is 3.81. The first-order valence-electron chi connectivity index (χ1n) is 21.7. The molecule has 0 amide bonds. The van der Waals surface area contributed by atoms with Gasteiger partial charge in [0.2, 0.25) is 0 Å². The monoisotopic (exact) mass is 791 g/mol. The number of hydrogen-bond acceptors (Lipinski definition) is 3. The number of allylic oxidation sites excluding steroid dienone is 12. The first-order chi connectivity index (χ1) is 29.6. The minimum atomic E-state index is -0.00105. The number of para-hydroxylation sites is 2. The molecule has 3 aromatic heterocycles.